The van der Waals surface area contributed by atoms with E-state index in [0.29, 0.717) is 17.8 Å². The highest BCUT2D eigenvalue weighted by atomic mass is 35.5. The monoisotopic (exact) mass is 270 g/mol. The van der Waals surface area contributed by atoms with Crippen LogP contribution in [0.25, 0.3) is 0 Å². The third-order valence-electron chi connectivity index (χ3n) is 2.70. The molecule has 4 heteroatoms. The van der Waals surface area contributed by atoms with Gasteiger partial charge in [0.25, 0.3) is 0 Å². The van der Waals surface area contributed by atoms with Crippen molar-refractivity contribution >= 4 is 22.7 Å². The highest BCUT2D eigenvalue weighted by Crippen LogP contribution is 2.19. The molecular weight excluding hydrogens is 260 g/mol. The van der Waals surface area contributed by atoms with E-state index in [4.69, 9.17) is 16.9 Å². The molecular formula is C15H11ClN2O. The van der Waals surface area contributed by atoms with Gasteiger partial charge in [-0.3, -0.25) is 9.69 Å². The van der Waals surface area contributed by atoms with Gasteiger partial charge in [0.2, 0.25) is 0 Å². The predicted molar refractivity (Wildman–Crippen MR) is 75.0 cm³/mol. The van der Waals surface area contributed by atoms with Gasteiger partial charge in [0.05, 0.1) is 18.2 Å². The average molecular weight is 271 g/mol. The zero-order chi connectivity index (χ0) is 13.7. The lowest BCUT2D eigenvalue weighted by Crippen LogP contribution is -2.24. The Balaban J connectivity index is 2.25. The number of amides is 1. The van der Waals surface area contributed by atoms with E-state index in [0.717, 1.165) is 5.56 Å². The zero-order valence-electron chi connectivity index (χ0n) is 10.1. The second kappa shape index (κ2) is 6.03. The van der Waals surface area contributed by atoms with Crippen LogP contribution in [0.3, 0.4) is 0 Å². The quantitative estimate of drug-likeness (QED) is 0.627. The van der Waals surface area contributed by atoms with Crippen LogP contribution in [0.1, 0.15) is 11.1 Å². The van der Waals surface area contributed by atoms with E-state index >= 15 is 0 Å². The molecule has 0 aliphatic carbocycles. The minimum absolute atomic E-state index is 0.398. The number of anilines is 1. The number of carbonyl (C=O) groups excluding carboxylic acids is 1. The lowest BCUT2D eigenvalue weighted by Gasteiger charge is -2.19. The molecule has 0 spiro atoms. The van der Waals surface area contributed by atoms with Crippen molar-refractivity contribution in [2.45, 2.75) is 6.54 Å². The Morgan fingerprint density at radius 2 is 1.74 bits per heavy atom. The summed E-state index contributed by atoms with van der Waals surface area (Å²) in [6.45, 7) is 0.398. The van der Waals surface area contributed by atoms with Crippen LogP contribution < -0.4 is 4.90 Å². The number of nitrogens with zero attached hydrogens (tertiary/aromatic N) is 2. The third-order valence-corrected chi connectivity index (χ3v) is 2.91. The van der Waals surface area contributed by atoms with Gasteiger partial charge in [-0.25, -0.2) is 0 Å². The fourth-order valence-electron chi connectivity index (χ4n) is 1.74. The molecule has 94 valence electrons. The lowest BCUT2D eigenvalue weighted by atomic mass is 10.2. The Kier molecular flexibility index (Phi) is 4.17. The van der Waals surface area contributed by atoms with Crippen molar-refractivity contribution in [2.75, 3.05) is 4.90 Å². The average Bonchev–Trinajstić information content (AvgIpc) is 2.46. The van der Waals surface area contributed by atoms with Crippen molar-refractivity contribution in [3.05, 3.63) is 65.7 Å². The van der Waals surface area contributed by atoms with Crippen molar-refractivity contribution in [2.24, 2.45) is 0 Å². The lowest BCUT2D eigenvalue weighted by molar-refractivity contribution is 0.264. The second-order valence-electron chi connectivity index (χ2n) is 3.98. The number of rotatable bonds is 3. The molecule has 0 aliphatic rings. The standard InChI is InChI=1S/C15H11ClN2O/c16-15(19)18(11-13-4-2-1-3-5-13)14-8-6-12(10-17)7-9-14/h1-9H,11H2. The summed E-state index contributed by atoms with van der Waals surface area (Å²) in [7, 11) is 0. The molecule has 0 bridgehead atoms. The van der Waals surface area contributed by atoms with Crippen LogP contribution in [0.15, 0.2) is 54.6 Å². The predicted octanol–water partition coefficient (Wildman–Crippen LogP) is 3.92. The third kappa shape index (κ3) is 3.34. The molecule has 0 aromatic heterocycles. The van der Waals surface area contributed by atoms with Crippen molar-refractivity contribution < 1.29 is 4.79 Å². The van der Waals surface area contributed by atoms with Gasteiger partial charge in [-0.05, 0) is 41.4 Å². The summed E-state index contributed by atoms with van der Waals surface area (Å²) >= 11 is 5.62. The molecule has 3 nitrogen and oxygen atoms in total. The molecule has 1 amide bonds. The van der Waals surface area contributed by atoms with Crippen LogP contribution in [0.5, 0.6) is 0 Å². The van der Waals surface area contributed by atoms with Gasteiger partial charge < -0.3 is 0 Å². The maximum atomic E-state index is 11.5. The van der Waals surface area contributed by atoms with E-state index in [1.807, 2.05) is 36.4 Å². The van der Waals surface area contributed by atoms with Gasteiger partial charge in [0, 0.05) is 5.69 Å². The number of carbonyl (C=O) groups is 1. The normalized spacial score (nSPS) is 9.68. The molecule has 0 atom stereocenters. The second-order valence-corrected chi connectivity index (χ2v) is 4.31. The van der Waals surface area contributed by atoms with Gasteiger partial charge in [-0.2, -0.15) is 5.26 Å². The summed E-state index contributed by atoms with van der Waals surface area (Å²) in [5.74, 6) is 0. The first-order chi connectivity index (χ1) is 9.20. The smallest absolute Gasteiger partial charge is 0.295 e. The highest BCUT2D eigenvalue weighted by Gasteiger charge is 2.13. The van der Waals surface area contributed by atoms with Crippen LogP contribution in [0.2, 0.25) is 0 Å². The van der Waals surface area contributed by atoms with E-state index < -0.39 is 5.37 Å². The van der Waals surface area contributed by atoms with Crippen molar-refractivity contribution in [1.29, 1.82) is 5.26 Å². The number of nitriles is 1. The molecule has 2 aromatic rings. The van der Waals surface area contributed by atoms with Gasteiger partial charge >= 0.3 is 5.37 Å². The van der Waals surface area contributed by atoms with E-state index in [-0.39, 0.29) is 0 Å². The Labute approximate surface area is 116 Å². The summed E-state index contributed by atoms with van der Waals surface area (Å²) in [4.78, 5) is 13.0. The summed E-state index contributed by atoms with van der Waals surface area (Å²) in [5.41, 5.74) is 2.20. The Morgan fingerprint density at radius 1 is 1.11 bits per heavy atom. The Bertz CT molecular complexity index is 602. The van der Waals surface area contributed by atoms with E-state index in [9.17, 15) is 4.79 Å². The van der Waals surface area contributed by atoms with E-state index in [1.165, 1.54) is 4.90 Å². The molecule has 0 aliphatic heterocycles. The minimum Gasteiger partial charge on any atom is -0.295 e. The molecule has 0 fully saturated rings. The van der Waals surface area contributed by atoms with Gasteiger partial charge in [0.15, 0.2) is 0 Å². The minimum atomic E-state index is -0.548. The topological polar surface area (TPSA) is 44.1 Å². The number of hydrogen-bond donors (Lipinski definition) is 0. The molecule has 0 unspecified atom stereocenters. The Hall–Kier alpha value is -2.31. The molecule has 0 saturated heterocycles. The summed E-state index contributed by atoms with van der Waals surface area (Å²) in [6, 6.07) is 18.4. The molecule has 0 heterocycles. The molecule has 0 saturated carbocycles. The highest BCUT2D eigenvalue weighted by molar-refractivity contribution is 6.66. The number of benzene rings is 2. The Morgan fingerprint density at radius 3 is 2.26 bits per heavy atom. The molecule has 2 rings (SSSR count). The van der Waals surface area contributed by atoms with Crippen LogP contribution in [-0.4, -0.2) is 5.37 Å². The first-order valence-electron chi connectivity index (χ1n) is 5.72. The molecule has 2 aromatic carbocycles. The summed E-state index contributed by atoms with van der Waals surface area (Å²) in [5, 5.41) is 8.21. The van der Waals surface area contributed by atoms with E-state index in [2.05, 4.69) is 0 Å². The maximum absolute atomic E-state index is 11.5. The fraction of sp³-hybridized carbons (Fsp3) is 0.0667. The maximum Gasteiger partial charge on any atom is 0.321 e. The van der Waals surface area contributed by atoms with Crippen LogP contribution in [0, 0.1) is 11.3 Å². The van der Waals surface area contributed by atoms with Gasteiger partial charge in [-0.1, -0.05) is 30.3 Å². The van der Waals surface area contributed by atoms with Crippen molar-refractivity contribution in [3.63, 3.8) is 0 Å². The SMILES string of the molecule is N#Cc1ccc(N(Cc2ccccc2)C(=O)Cl)cc1. The fourth-order valence-corrected chi connectivity index (χ4v) is 1.89. The molecule has 0 N–H and O–H groups in total. The number of hydrogen-bond acceptors (Lipinski definition) is 2. The number of halogens is 1. The summed E-state index contributed by atoms with van der Waals surface area (Å²) < 4.78 is 0. The summed E-state index contributed by atoms with van der Waals surface area (Å²) in [6.07, 6.45) is 0. The van der Waals surface area contributed by atoms with Gasteiger partial charge in [0.1, 0.15) is 0 Å². The zero-order valence-corrected chi connectivity index (χ0v) is 10.8. The first-order valence-corrected chi connectivity index (χ1v) is 6.09. The molecule has 0 radical (unpaired) electrons. The van der Waals surface area contributed by atoms with Gasteiger partial charge in [-0.15, -0.1) is 0 Å². The van der Waals surface area contributed by atoms with Crippen molar-refractivity contribution in [1.82, 2.24) is 0 Å². The van der Waals surface area contributed by atoms with Crippen LogP contribution in [0.4, 0.5) is 10.5 Å². The van der Waals surface area contributed by atoms with Crippen LogP contribution in [-0.2, 0) is 6.54 Å². The largest absolute Gasteiger partial charge is 0.321 e. The first kappa shape index (κ1) is 13.1. The molecule has 19 heavy (non-hydrogen) atoms. The van der Waals surface area contributed by atoms with Crippen LogP contribution >= 0.6 is 11.6 Å². The van der Waals surface area contributed by atoms with Crippen molar-refractivity contribution in [3.8, 4) is 6.07 Å². The van der Waals surface area contributed by atoms with E-state index in [1.54, 1.807) is 24.3 Å².